The molecule has 1 N–H and O–H groups in total. The van der Waals surface area contributed by atoms with Crippen LogP contribution in [0.4, 0.5) is 0 Å². The van der Waals surface area contributed by atoms with Crippen molar-refractivity contribution in [2.75, 3.05) is 6.61 Å². The summed E-state index contributed by atoms with van der Waals surface area (Å²) in [5.74, 6) is -0.446. The average molecular weight is 250 g/mol. The number of aliphatic carboxylic acids is 1. The molecule has 1 aromatic rings. The van der Waals surface area contributed by atoms with E-state index >= 15 is 0 Å². The molecule has 0 aromatic heterocycles. The van der Waals surface area contributed by atoms with E-state index in [1.807, 2.05) is 6.92 Å². The lowest BCUT2D eigenvalue weighted by Gasteiger charge is -2.17. The Labute approximate surface area is 107 Å². The molecule has 0 saturated carbocycles. The molecule has 0 atom stereocenters. The Morgan fingerprint density at radius 1 is 1.22 bits per heavy atom. The highest BCUT2D eigenvalue weighted by Crippen LogP contribution is 2.24. The van der Waals surface area contributed by atoms with Gasteiger partial charge in [-0.2, -0.15) is 0 Å². The molecule has 98 valence electrons. The molecule has 0 heterocycles. The number of carbonyl (C=O) groups excluding carboxylic acids is 1. The number of carboxylic acids is 1. The van der Waals surface area contributed by atoms with E-state index in [9.17, 15) is 9.59 Å². The lowest BCUT2D eigenvalue weighted by molar-refractivity contribution is -0.146. The fourth-order valence-electron chi connectivity index (χ4n) is 1.48. The van der Waals surface area contributed by atoms with Crippen LogP contribution in [0.1, 0.15) is 37.6 Å². The predicted molar refractivity (Wildman–Crippen MR) is 68.0 cm³/mol. The molecule has 0 bridgehead atoms. The SMILES string of the molecule is CCOc1ccc(C(=O)CC(C)(C)C(=O)O)cc1. The molecule has 0 radical (unpaired) electrons. The molecule has 0 amide bonds. The van der Waals surface area contributed by atoms with Gasteiger partial charge in [0.1, 0.15) is 5.75 Å². The third-order valence-electron chi connectivity index (χ3n) is 2.67. The molecule has 18 heavy (non-hydrogen) atoms. The molecule has 0 aliphatic heterocycles. The van der Waals surface area contributed by atoms with E-state index in [1.54, 1.807) is 38.1 Å². The molecule has 4 heteroatoms. The van der Waals surface area contributed by atoms with Gasteiger partial charge in [0.15, 0.2) is 5.78 Å². The first-order valence-corrected chi connectivity index (χ1v) is 5.86. The van der Waals surface area contributed by atoms with Gasteiger partial charge in [-0.15, -0.1) is 0 Å². The van der Waals surface area contributed by atoms with Gasteiger partial charge in [-0.05, 0) is 45.0 Å². The van der Waals surface area contributed by atoms with Gasteiger partial charge in [-0.25, -0.2) is 0 Å². The van der Waals surface area contributed by atoms with E-state index in [2.05, 4.69) is 0 Å². The topological polar surface area (TPSA) is 63.6 Å². The smallest absolute Gasteiger partial charge is 0.309 e. The van der Waals surface area contributed by atoms with Crippen LogP contribution in [0.3, 0.4) is 0 Å². The Morgan fingerprint density at radius 3 is 2.22 bits per heavy atom. The van der Waals surface area contributed by atoms with Crippen molar-refractivity contribution >= 4 is 11.8 Å². The minimum absolute atomic E-state index is 0.0175. The second kappa shape index (κ2) is 5.67. The number of carbonyl (C=O) groups is 2. The maximum atomic E-state index is 11.9. The number of carboxylic acid groups (broad SMARTS) is 1. The van der Waals surface area contributed by atoms with Crippen LogP contribution in [0.15, 0.2) is 24.3 Å². The molecule has 1 aromatic carbocycles. The summed E-state index contributed by atoms with van der Waals surface area (Å²) >= 11 is 0. The van der Waals surface area contributed by atoms with Crippen LogP contribution in [-0.2, 0) is 4.79 Å². The molecule has 0 unspecified atom stereocenters. The summed E-state index contributed by atoms with van der Waals surface area (Å²) in [5.41, 5.74) is -0.539. The second-order valence-electron chi connectivity index (χ2n) is 4.75. The third-order valence-corrected chi connectivity index (χ3v) is 2.67. The molecule has 0 spiro atoms. The van der Waals surface area contributed by atoms with Crippen molar-refractivity contribution in [3.63, 3.8) is 0 Å². The first-order valence-electron chi connectivity index (χ1n) is 5.86. The zero-order valence-corrected chi connectivity index (χ0v) is 10.9. The van der Waals surface area contributed by atoms with Crippen molar-refractivity contribution in [2.24, 2.45) is 5.41 Å². The lowest BCUT2D eigenvalue weighted by atomic mass is 9.86. The molecule has 4 nitrogen and oxygen atoms in total. The Balaban J connectivity index is 2.76. The highest BCUT2D eigenvalue weighted by molar-refractivity contribution is 5.98. The minimum Gasteiger partial charge on any atom is -0.494 e. The summed E-state index contributed by atoms with van der Waals surface area (Å²) in [4.78, 5) is 22.9. The summed E-state index contributed by atoms with van der Waals surface area (Å²) in [5, 5.41) is 8.98. The predicted octanol–water partition coefficient (Wildman–Crippen LogP) is 2.77. The number of hydrogen-bond donors (Lipinski definition) is 1. The molecule has 0 aliphatic carbocycles. The van der Waals surface area contributed by atoms with Crippen molar-refractivity contribution in [1.82, 2.24) is 0 Å². The minimum atomic E-state index is -1.05. The summed E-state index contributed by atoms with van der Waals surface area (Å²) in [6.07, 6.45) is -0.0175. The van der Waals surface area contributed by atoms with Gasteiger partial charge in [-0.3, -0.25) is 9.59 Å². The maximum absolute atomic E-state index is 11.9. The normalized spacial score (nSPS) is 11.1. The van der Waals surface area contributed by atoms with E-state index in [1.165, 1.54) is 0 Å². The lowest BCUT2D eigenvalue weighted by Crippen LogP contribution is -2.26. The van der Waals surface area contributed by atoms with Crippen molar-refractivity contribution < 1.29 is 19.4 Å². The Hall–Kier alpha value is -1.84. The average Bonchev–Trinajstić information content (AvgIpc) is 2.29. The van der Waals surface area contributed by atoms with Gasteiger partial charge in [0, 0.05) is 12.0 Å². The molecule has 0 saturated heterocycles. The quantitative estimate of drug-likeness (QED) is 0.788. The van der Waals surface area contributed by atoms with Crippen LogP contribution in [-0.4, -0.2) is 23.5 Å². The number of Topliss-reactive ketones (excluding diaryl/α,β-unsaturated/α-hetero) is 1. The fraction of sp³-hybridized carbons (Fsp3) is 0.429. The monoisotopic (exact) mass is 250 g/mol. The van der Waals surface area contributed by atoms with Gasteiger partial charge in [0.05, 0.1) is 12.0 Å². The zero-order valence-electron chi connectivity index (χ0n) is 10.9. The summed E-state index contributed by atoms with van der Waals surface area (Å²) < 4.78 is 5.27. The number of ether oxygens (including phenoxy) is 1. The van der Waals surface area contributed by atoms with Crippen molar-refractivity contribution in [3.05, 3.63) is 29.8 Å². The van der Waals surface area contributed by atoms with E-state index in [0.29, 0.717) is 17.9 Å². The molecule has 0 aliphatic rings. The van der Waals surface area contributed by atoms with E-state index in [4.69, 9.17) is 9.84 Å². The largest absolute Gasteiger partial charge is 0.494 e. The number of benzene rings is 1. The third kappa shape index (κ3) is 3.58. The van der Waals surface area contributed by atoms with Crippen LogP contribution >= 0.6 is 0 Å². The van der Waals surface area contributed by atoms with Crippen LogP contribution in [0.25, 0.3) is 0 Å². The summed E-state index contributed by atoms with van der Waals surface area (Å²) in [6.45, 7) is 5.54. The van der Waals surface area contributed by atoms with Gasteiger partial charge >= 0.3 is 5.97 Å². The number of hydrogen-bond acceptors (Lipinski definition) is 3. The zero-order chi connectivity index (χ0) is 13.8. The molecule has 1 rings (SSSR count). The fourth-order valence-corrected chi connectivity index (χ4v) is 1.48. The van der Waals surface area contributed by atoms with Crippen molar-refractivity contribution in [3.8, 4) is 5.75 Å². The van der Waals surface area contributed by atoms with Crippen LogP contribution in [0.2, 0.25) is 0 Å². The van der Waals surface area contributed by atoms with Gasteiger partial charge < -0.3 is 9.84 Å². The van der Waals surface area contributed by atoms with E-state index in [0.717, 1.165) is 0 Å². The molecule has 0 fully saturated rings. The van der Waals surface area contributed by atoms with Crippen LogP contribution < -0.4 is 4.74 Å². The number of rotatable bonds is 6. The highest BCUT2D eigenvalue weighted by atomic mass is 16.5. The van der Waals surface area contributed by atoms with Gasteiger partial charge in [0.2, 0.25) is 0 Å². The van der Waals surface area contributed by atoms with Crippen LogP contribution in [0, 0.1) is 5.41 Å². The summed E-state index contributed by atoms with van der Waals surface area (Å²) in [6, 6.07) is 6.74. The highest BCUT2D eigenvalue weighted by Gasteiger charge is 2.30. The first kappa shape index (κ1) is 14.2. The standard InChI is InChI=1S/C14H18O4/c1-4-18-11-7-5-10(6-8-11)12(15)9-14(2,3)13(16)17/h5-8H,4,9H2,1-3H3,(H,16,17). The maximum Gasteiger partial charge on any atom is 0.309 e. The van der Waals surface area contributed by atoms with Gasteiger partial charge in [-0.1, -0.05) is 0 Å². The van der Waals surface area contributed by atoms with Crippen LogP contribution in [0.5, 0.6) is 5.75 Å². The second-order valence-corrected chi connectivity index (χ2v) is 4.75. The van der Waals surface area contributed by atoms with E-state index in [-0.39, 0.29) is 12.2 Å². The molecular weight excluding hydrogens is 232 g/mol. The Bertz CT molecular complexity index is 432. The summed E-state index contributed by atoms with van der Waals surface area (Å²) in [7, 11) is 0. The Kier molecular flexibility index (Phi) is 4.48. The van der Waals surface area contributed by atoms with Crippen molar-refractivity contribution in [2.45, 2.75) is 27.2 Å². The molecular formula is C14H18O4. The van der Waals surface area contributed by atoms with Crippen molar-refractivity contribution in [1.29, 1.82) is 0 Å². The first-order chi connectivity index (χ1) is 8.36. The Morgan fingerprint density at radius 2 is 1.78 bits per heavy atom. The van der Waals surface area contributed by atoms with E-state index < -0.39 is 11.4 Å². The number of ketones is 1. The van der Waals surface area contributed by atoms with Gasteiger partial charge in [0.25, 0.3) is 0 Å².